The third kappa shape index (κ3) is 3.99. The van der Waals surface area contributed by atoms with Crippen molar-refractivity contribution in [2.24, 2.45) is 0 Å². The van der Waals surface area contributed by atoms with Crippen LogP contribution in [0.4, 0.5) is 0 Å². The minimum absolute atomic E-state index is 0.0434. The minimum atomic E-state index is 0.0434. The van der Waals surface area contributed by atoms with Gasteiger partial charge in [0.25, 0.3) is 0 Å². The van der Waals surface area contributed by atoms with Gasteiger partial charge in [0.1, 0.15) is 5.01 Å². The summed E-state index contributed by atoms with van der Waals surface area (Å²) in [5.74, 6) is 0.0434. The molecule has 2 aromatic carbocycles. The number of carbonyl (C=O) groups is 1. The summed E-state index contributed by atoms with van der Waals surface area (Å²) >= 11 is 1.65. The molecule has 0 radical (unpaired) electrons. The highest BCUT2D eigenvalue weighted by molar-refractivity contribution is 7.13. The average molecular weight is 390 g/mol. The van der Waals surface area contributed by atoms with Crippen LogP contribution in [-0.2, 0) is 17.6 Å². The molecule has 5 heteroatoms. The van der Waals surface area contributed by atoms with Gasteiger partial charge in [-0.25, -0.2) is 4.98 Å². The molecule has 4 nitrogen and oxygen atoms in total. The number of aromatic nitrogens is 2. The summed E-state index contributed by atoms with van der Waals surface area (Å²) in [6, 6.07) is 16.5. The number of fused-ring (bicyclic) bond motifs is 1. The number of aryl methyl sites for hydroxylation is 2. The van der Waals surface area contributed by atoms with Crippen molar-refractivity contribution >= 4 is 28.1 Å². The predicted octanol–water partition coefficient (Wildman–Crippen LogP) is 4.81. The molecule has 0 bridgehead atoms. The number of hydrogen-bond donors (Lipinski definition) is 2. The molecule has 4 aromatic rings. The highest BCUT2D eigenvalue weighted by atomic mass is 32.1. The first-order valence-corrected chi connectivity index (χ1v) is 10.3. The Morgan fingerprint density at radius 2 is 1.89 bits per heavy atom. The van der Waals surface area contributed by atoms with Crippen LogP contribution in [0.25, 0.3) is 21.5 Å². The lowest BCUT2D eigenvalue weighted by atomic mass is 10.1. The van der Waals surface area contributed by atoms with Crippen LogP contribution >= 0.6 is 11.3 Å². The molecule has 0 unspecified atom stereocenters. The van der Waals surface area contributed by atoms with Crippen molar-refractivity contribution in [1.29, 1.82) is 0 Å². The molecule has 0 saturated carbocycles. The summed E-state index contributed by atoms with van der Waals surface area (Å²) < 4.78 is 0. The number of thiazole rings is 1. The summed E-state index contributed by atoms with van der Waals surface area (Å²) in [6.45, 7) is 4.69. The number of hydrogen-bond acceptors (Lipinski definition) is 3. The van der Waals surface area contributed by atoms with Crippen molar-refractivity contribution in [1.82, 2.24) is 15.3 Å². The van der Waals surface area contributed by atoms with Crippen LogP contribution in [0, 0.1) is 13.8 Å². The Balaban J connectivity index is 1.33. The molecule has 0 saturated heterocycles. The minimum Gasteiger partial charge on any atom is -0.358 e. The normalized spacial score (nSPS) is 11.1. The van der Waals surface area contributed by atoms with Gasteiger partial charge in [0.05, 0.1) is 12.1 Å². The Morgan fingerprint density at radius 1 is 1.11 bits per heavy atom. The first kappa shape index (κ1) is 18.4. The molecule has 4 rings (SSSR count). The van der Waals surface area contributed by atoms with Crippen molar-refractivity contribution < 1.29 is 4.79 Å². The van der Waals surface area contributed by atoms with Gasteiger partial charge in [0.15, 0.2) is 0 Å². The number of nitrogens with zero attached hydrogens (tertiary/aromatic N) is 1. The monoisotopic (exact) mass is 389 g/mol. The summed E-state index contributed by atoms with van der Waals surface area (Å²) in [7, 11) is 0. The molecule has 0 fully saturated rings. The average Bonchev–Trinajstić information content (AvgIpc) is 3.27. The van der Waals surface area contributed by atoms with E-state index < -0.39 is 0 Å². The summed E-state index contributed by atoms with van der Waals surface area (Å²) in [5.41, 5.74) is 6.61. The van der Waals surface area contributed by atoms with E-state index in [4.69, 9.17) is 4.98 Å². The number of H-pyrrole nitrogens is 1. The Bertz CT molecular complexity index is 1110. The van der Waals surface area contributed by atoms with E-state index in [1.54, 1.807) is 11.3 Å². The van der Waals surface area contributed by atoms with Crippen LogP contribution in [0.1, 0.15) is 22.5 Å². The summed E-state index contributed by atoms with van der Waals surface area (Å²) in [4.78, 5) is 20.5. The molecule has 0 aliphatic carbocycles. The molecule has 1 amide bonds. The Hall–Kier alpha value is -2.92. The van der Waals surface area contributed by atoms with Crippen molar-refractivity contribution in [2.75, 3.05) is 6.54 Å². The summed E-state index contributed by atoms with van der Waals surface area (Å²) in [5, 5.41) is 7.25. The fourth-order valence-electron chi connectivity index (χ4n) is 3.37. The third-order valence-electron chi connectivity index (χ3n) is 4.92. The fourth-order valence-corrected chi connectivity index (χ4v) is 4.23. The maximum Gasteiger partial charge on any atom is 0.224 e. The zero-order valence-electron chi connectivity index (χ0n) is 16.1. The van der Waals surface area contributed by atoms with E-state index in [-0.39, 0.29) is 5.91 Å². The van der Waals surface area contributed by atoms with Crippen LogP contribution in [0.3, 0.4) is 0 Å². The quantitative estimate of drug-likeness (QED) is 0.497. The molecule has 2 heterocycles. The maximum absolute atomic E-state index is 12.4. The summed E-state index contributed by atoms with van der Waals surface area (Å²) in [6.07, 6.45) is 1.13. The Kier molecular flexibility index (Phi) is 5.26. The molecule has 0 aliphatic rings. The van der Waals surface area contributed by atoms with Crippen molar-refractivity contribution in [3.05, 3.63) is 76.4 Å². The van der Waals surface area contributed by atoms with Gasteiger partial charge in [-0.15, -0.1) is 11.3 Å². The lowest BCUT2D eigenvalue weighted by Crippen LogP contribution is -2.27. The molecule has 0 atom stereocenters. The molecule has 142 valence electrons. The number of carbonyl (C=O) groups excluding carboxylic acids is 1. The fraction of sp³-hybridized carbons (Fsp3) is 0.217. The Morgan fingerprint density at radius 3 is 2.71 bits per heavy atom. The Labute approximate surface area is 168 Å². The van der Waals surface area contributed by atoms with Crippen molar-refractivity contribution in [3.63, 3.8) is 0 Å². The topological polar surface area (TPSA) is 57.8 Å². The van der Waals surface area contributed by atoms with Crippen LogP contribution in [0.15, 0.2) is 53.9 Å². The smallest absolute Gasteiger partial charge is 0.224 e. The van der Waals surface area contributed by atoms with Gasteiger partial charge in [0.2, 0.25) is 5.91 Å². The number of nitrogens with one attached hydrogen (secondary N) is 2. The lowest BCUT2D eigenvalue weighted by molar-refractivity contribution is -0.120. The van der Waals surface area contributed by atoms with Gasteiger partial charge in [-0.2, -0.15) is 0 Å². The van der Waals surface area contributed by atoms with E-state index in [2.05, 4.69) is 52.9 Å². The van der Waals surface area contributed by atoms with Crippen LogP contribution in [-0.4, -0.2) is 22.4 Å². The number of para-hydroxylation sites is 1. The molecule has 28 heavy (non-hydrogen) atoms. The predicted molar refractivity (Wildman–Crippen MR) is 116 cm³/mol. The first-order valence-electron chi connectivity index (χ1n) is 9.44. The third-order valence-corrected chi connectivity index (χ3v) is 5.86. The van der Waals surface area contributed by atoms with Crippen LogP contribution in [0.5, 0.6) is 0 Å². The zero-order chi connectivity index (χ0) is 19.5. The lowest BCUT2D eigenvalue weighted by Gasteiger charge is -2.05. The van der Waals surface area contributed by atoms with E-state index in [1.165, 1.54) is 5.56 Å². The van der Waals surface area contributed by atoms with Crippen LogP contribution < -0.4 is 5.32 Å². The highest BCUT2D eigenvalue weighted by Crippen LogP contribution is 2.24. The first-order chi connectivity index (χ1) is 13.6. The van der Waals surface area contributed by atoms with Gasteiger partial charge in [-0.1, -0.05) is 48.0 Å². The second kappa shape index (κ2) is 7.98. The number of rotatable bonds is 6. The van der Waals surface area contributed by atoms with E-state index in [0.717, 1.165) is 44.8 Å². The van der Waals surface area contributed by atoms with Gasteiger partial charge >= 0.3 is 0 Å². The second-order valence-corrected chi connectivity index (χ2v) is 7.92. The van der Waals surface area contributed by atoms with E-state index in [0.29, 0.717) is 13.0 Å². The molecule has 0 spiro atoms. The number of aromatic amines is 1. The molecule has 2 aromatic heterocycles. The van der Waals surface area contributed by atoms with E-state index in [1.807, 2.05) is 25.1 Å². The molecule has 2 N–H and O–H groups in total. The van der Waals surface area contributed by atoms with Gasteiger partial charge in [-0.3, -0.25) is 4.79 Å². The number of amides is 1. The van der Waals surface area contributed by atoms with Crippen molar-refractivity contribution in [3.8, 4) is 10.6 Å². The molecular formula is C23H23N3OS. The van der Waals surface area contributed by atoms with Crippen LogP contribution in [0.2, 0.25) is 0 Å². The van der Waals surface area contributed by atoms with Gasteiger partial charge in [0, 0.05) is 40.5 Å². The van der Waals surface area contributed by atoms with Crippen molar-refractivity contribution in [2.45, 2.75) is 26.7 Å². The standard InChI is InChI=1S/C23H23N3OS/c1-15-7-9-17(10-8-15)23-26-18(14-28-23)11-12-24-22(27)13-20-16(2)25-21-6-4-3-5-19(20)21/h3-10,14,25H,11-13H2,1-2H3,(H,24,27). The second-order valence-electron chi connectivity index (χ2n) is 7.06. The van der Waals surface area contributed by atoms with E-state index >= 15 is 0 Å². The zero-order valence-corrected chi connectivity index (χ0v) is 16.9. The SMILES string of the molecule is Cc1ccc(-c2nc(CCNC(=O)Cc3c(C)[nH]c4ccccc34)cs2)cc1. The molecular weight excluding hydrogens is 366 g/mol. The van der Waals surface area contributed by atoms with E-state index in [9.17, 15) is 4.79 Å². The number of benzene rings is 2. The maximum atomic E-state index is 12.4. The van der Waals surface area contributed by atoms with Gasteiger partial charge < -0.3 is 10.3 Å². The largest absolute Gasteiger partial charge is 0.358 e. The molecule has 0 aliphatic heterocycles. The van der Waals surface area contributed by atoms with Gasteiger partial charge in [-0.05, 0) is 25.5 Å². The highest BCUT2D eigenvalue weighted by Gasteiger charge is 2.12.